The van der Waals surface area contributed by atoms with Crippen LogP contribution in [0.4, 0.5) is 0 Å². The van der Waals surface area contributed by atoms with Gasteiger partial charge in [0.25, 0.3) is 0 Å². The predicted octanol–water partition coefficient (Wildman–Crippen LogP) is 0.625. The molecule has 2 bridgehead atoms. The first kappa shape index (κ1) is 31.3. The molecule has 12 heteroatoms. The molecule has 3 aliphatic carbocycles. The molecule has 4 aliphatic rings. The Bertz CT molecular complexity index is 1370. The number of ketones is 1. The SMILES string of the molecule is CC(=O)O[C@H]1C(=O)[C@]2(CO)[C@H](O)C[C@H]3OC[C@@]3(OC(C)=O)[C@H]2[C@H](OC(=O)c2ccccc2)[C@]2(O)C[C@H](O)C(C)=C1C2(C)C. The highest BCUT2D eigenvalue weighted by Gasteiger charge is 2.79. The minimum atomic E-state index is -2.28. The minimum Gasteiger partial charge on any atom is -0.455 e. The lowest BCUT2D eigenvalue weighted by atomic mass is 9.44. The van der Waals surface area contributed by atoms with Gasteiger partial charge in [0.1, 0.15) is 17.8 Å². The number of aliphatic hydroxyl groups excluding tert-OH is 3. The molecule has 0 unspecified atom stereocenters. The van der Waals surface area contributed by atoms with Crippen LogP contribution in [0.1, 0.15) is 57.8 Å². The molecule has 234 valence electrons. The average molecular weight is 603 g/mol. The highest BCUT2D eigenvalue weighted by Crippen LogP contribution is 2.64. The van der Waals surface area contributed by atoms with Gasteiger partial charge in [0.15, 0.2) is 17.5 Å². The lowest BCUT2D eigenvalue weighted by Gasteiger charge is -2.67. The fourth-order valence-corrected chi connectivity index (χ4v) is 8.00. The molecule has 0 radical (unpaired) electrons. The van der Waals surface area contributed by atoms with Crippen LogP contribution in [-0.2, 0) is 33.3 Å². The van der Waals surface area contributed by atoms with E-state index < -0.39 is 95.2 Å². The van der Waals surface area contributed by atoms with Crippen molar-refractivity contribution in [2.45, 2.75) is 89.2 Å². The maximum atomic E-state index is 14.9. The monoisotopic (exact) mass is 602 g/mol. The quantitative estimate of drug-likeness (QED) is 0.210. The first-order valence-corrected chi connectivity index (χ1v) is 14.3. The fourth-order valence-electron chi connectivity index (χ4n) is 8.00. The molecule has 0 spiro atoms. The molecule has 1 aromatic carbocycles. The molecule has 3 fully saturated rings. The summed E-state index contributed by atoms with van der Waals surface area (Å²) < 4.78 is 23.3. The molecule has 9 atom stereocenters. The van der Waals surface area contributed by atoms with Gasteiger partial charge in [-0.3, -0.25) is 14.4 Å². The van der Waals surface area contributed by atoms with E-state index in [-0.39, 0.29) is 29.7 Å². The van der Waals surface area contributed by atoms with Crippen LogP contribution in [0.3, 0.4) is 0 Å². The molecule has 0 amide bonds. The molecule has 5 rings (SSSR count). The number of Topliss-reactive ketones (excluding diaryl/α,β-unsaturated/α-hetero) is 1. The van der Waals surface area contributed by atoms with Crippen molar-refractivity contribution in [2.24, 2.45) is 16.7 Å². The van der Waals surface area contributed by atoms with Crippen LogP contribution in [0.5, 0.6) is 0 Å². The van der Waals surface area contributed by atoms with Crippen molar-refractivity contribution in [1.82, 2.24) is 0 Å². The van der Waals surface area contributed by atoms with E-state index in [9.17, 15) is 39.6 Å². The molecule has 1 heterocycles. The third-order valence-electron chi connectivity index (χ3n) is 10.2. The number of carbonyl (C=O) groups excluding carboxylic acids is 4. The van der Waals surface area contributed by atoms with Crippen molar-refractivity contribution >= 4 is 23.7 Å². The van der Waals surface area contributed by atoms with Crippen LogP contribution in [-0.4, -0.2) is 99.1 Å². The van der Waals surface area contributed by atoms with E-state index in [4.69, 9.17) is 18.9 Å². The maximum Gasteiger partial charge on any atom is 0.338 e. The highest BCUT2D eigenvalue weighted by molar-refractivity contribution is 5.96. The molecule has 0 aromatic heterocycles. The Balaban J connectivity index is 1.87. The topological polar surface area (TPSA) is 186 Å². The van der Waals surface area contributed by atoms with E-state index >= 15 is 0 Å². The number of hydrogen-bond donors (Lipinski definition) is 4. The second-order valence-corrected chi connectivity index (χ2v) is 12.7. The minimum absolute atomic E-state index is 0.0571. The molecular weight excluding hydrogens is 564 g/mol. The second kappa shape index (κ2) is 10.5. The first-order valence-electron chi connectivity index (χ1n) is 14.3. The Morgan fingerprint density at radius 3 is 2.23 bits per heavy atom. The van der Waals surface area contributed by atoms with E-state index in [2.05, 4.69) is 0 Å². The summed E-state index contributed by atoms with van der Waals surface area (Å²) in [4.78, 5) is 53.6. The van der Waals surface area contributed by atoms with E-state index in [0.717, 1.165) is 13.8 Å². The molecule has 2 saturated carbocycles. The van der Waals surface area contributed by atoms with Crippen molar-refractivity contribution in [3.63, 3.8) is 0 Å². The van der Waals surface area contributed by atoms with Crippen LogP contribution in [0.2, 0.25) is 0 Å². The summed E-state index contributed by atoms with van der Waals surface area (Å²) in [7, 11) is 0. The Morgan fingerprint density at radius 1 is 1.05 bits per heavy atom. The van der Waals surface area contributed by atoms with E-state index in [1.807, 2.05) is 0 Å². The number of esters is 3. The molecule has 1 saturated heterocycles. The summed E-state index contributed by atoms with van der Waals surface area (Å²) in [6.45, 7) is 5.56. The number of aliphatic hydroxyl groups is 4. The lowest BCUT2D eigenvalue weighted by molar-refractivity contribution is -0.350. The zero-order chi connectivity index (χ0) is 31.7. The van der Waals surface area contributed by atoms with Gasteiger partial charge >= 0.3 is 17.9 Å². The number of fused-ring (bicyclic) bond motifs is 5. The largest absolute Gasteiger partial charge is 0.455 e. The Hall–Kier alpha value is -3.16. The van der Waals surface area contributed by atoms with Gasteiger partial charge in [-0.25, -0.2) is 4.79 Å². The summed E-state index contributed by atoms with van der Waals surface area (Å²) >= 11 is 0. The van der Waals surface area contributed by atoms with Gasteiger partial charge < -0.3 is 39.4 Å². The zero-order valence-corrected chi connectivity index (χ0v) is 24.7. The summed E-state index contributed by atoms with van der Waals surface area (Å²) in [6, 6.07) is 7.87. The van der Waals surface area contributed by atoms with E-state index in [0.29, 0.717) is 0 Å². The average Bonchev–Trinajstić information content (AvgIpc) is 2.93. The van der Waals surface area contributed by atoms with Crippen LogP contribution >= 0.6 is 0 Å². The van der Waals surface area contributed by atoms with Gasteiger partial charge in [-0.05, 0) is 30.2 Å². The lowest BCUT2D eigenvalue weighted by Crippen LogP contribution is -2.83. The number of benzene rings is 1. The van der Waals surface area contributed by atoms with Gasteiger partial charge in [-0.1, -0.05) is 32.0 Å². The molecule has 1 aromatic rings. The second-order valence-electron chi connectivity index (χ2n) is 12.7. The van der Waals surface area contributed by atoms with Gasteiger partial charge in [0, 0.05) is 32.1 Å². The van der Waals surface area contributed by atoms with Crippen molar-refractivity contribution in [3.8, 4) is 0 Å². The van der Waals surface area contributed by atoms with Crippen molar-refractivity contribution in [2.75, 3.05) is 13.2 Å². The summed E-state index contributed by atoms with van der Waals surface area (Å²) in [5.74, 6) is -5.09. The molecule has 43 heavy (non-hydrogen) atoms. The Kier molecular flexibility index (Phi) is 7.62. The van der Waals surface area contributed by atoms with Crippen LogP contribution < -0.4 is 0 Å². The molecule has 1 aliphatic heterocycles. The van der Waals surface area contributed by atoms with Crippen LogP contribution in [0.25, 0.3) is 0 Å². The predicted molar refractivity (Wildman–Crippen MR) is 146 cm³/mol. The molecule has 12 nitrogen and oxygen atoms in total. The fraction of sp³-hybridized carbons (Fsp3) is 0.613. The van der Waals surface area contributed by atoms with Crippen molar-refractivity contribution in [3.05, 3.63) is 47.0 Å². The molecular formula is C31H38O12. The Morgan fingerprint density at radius 2 is 1.70 bits per heavy atom. The van der Waals surface area contributed by atoms with Gasteiger partial charge in [0.05, 0.1) is 42.3 Å². The third kappa shape index (κ3) is 4.29. The zero-order valence-electron chi connectivity index (χ0n) is 24.7. The highest BCUT2D eigenvalue weighted by atomic mass is 16.6. The molecule has 4 N–H and O–H groups in total. The summed E-state index contributed by atoms with van der Waals surface area (Å²) in [6.07, 6.45) is -8.21. The first-order chi connectivity index (χ1) is 20.1. The number of hydrogen-bond acceptors (Lipinski definition) is 12. The van der Waals surface area contributed by atoms with Gasteiger partial charge in [-0.15, -0.1) is 0 Å². The summed E-state index contributed by atoms with van der Waals surface area (Å²) in [5.41, 5.74) is -7.37. The summed E-state index contributed by atoms with van der Waals surface area (Å²) in [5, 5.41) is 47.0. The number of carbonyl (C=O) groups is 4. The normalized spacial score (nSPS) is 39.7. The van der Waals surface area contributed by atoms with Crippen molar-refractivity contribution < 1.29 is 58.6 Å². The van der Waals surface area contributed by atoms with Crippen LogP contribution in [0.15, 0.2) is 41.5 Å². The Labute approximate surface area is 248 Å². The van der Waals surface area contributed by atoms with E-state index in [1.54, 1.807) is 32.0 Å². The van der Waals surface area contributed by atoms with Gasteiger partial charge in [0.2, 0.25) is 0 Å². The van der Waals surface area contributed by atoms with Crippen LogP contribution in [0, 0.1) is 16.7 Å². The maximum absolute atomic E-state index is 14.9. The third-order valence-corrected chi connectivity index (χ3v) is 10.2. The number of rotatable bonds is 5. The number of ether oxygens (including phenoxy) is 4. The van der Waals surface area contributed by atoms with Crippen molar-refractivity contribution in [1.29, 1.82) is 0 Å². The standard InChI is InChI=1S/C31H38O12/c1-15-19(35)12-31(39)26(42-27(38)18-9-7-6-8-10-18)24-29(13-32,20(36)11-21-30(24,14-40-21)43-17(3)34)25(37)23(41-16(2)33)22(15)28(31,4)5/h6-10,19-21,23-24,26,32,35-36,39H,11-14H2,1-5H3/t19-,20+,21+,23+,24-,26-,29+,30-,31+/m0/s1. The smallest absolute Gasteiger partial charge is 0.338 e. The van der Waals surface area contributed by atoms with E-state index in [1.165, 1.54) is 19.1 Å². The van der Waals surface area contributed by atoms with Gasteiger partial charge in [-0.2, -0.15) is 0 Å².